The molecule has 0 heterocycles. The van der Waals surface area contributed by atoms with Gasteiger partial charge >= 0.3 is 0 Å². The standard InChI is InChI=1S/C16H30O5/c17-9-13-1-5-15(11-19,6-2-13)21-16(12-20)7-3-14(10-18)4-8-16/h13-14,17-20H,1-12H2. The predicted octanol–water partition coefficient (Wildman–Crippen LogP) is 0.830. The highest BCUT2D eigenvalue weighted by Crippen LogP contribution is 2.42. The molecule has 2 rings (SSSR count). The van der Waals surface area contributed by atoms with E-state index in [1.807, 2.05) is 0 Å². The van der Waals surface area contributed by atoms with Crippen molar-refractivity contribution in [1.29, 1.82) is 0 Å². The highest BCUT2D eigenvalue weighted by molar-refractivity contribution is 4.94. The summed E-state index contributed by atoms with van der Waals surface area (Å²) < 4.78 is 6.33. The molecule has 5 heteroatoms. The summed E-state index contributed by atoms with van der Waals surface area (Å²) >= 11 is 0. The molecule has 0 radical (unpaired) electrons. The summed E-state index contributed by atoms with van der Waals surface area (Å²) in [6, 6.07) is 0. The first kappa shape index (κ1) is 17.2. The summed E-state index contributed by atoms with van der Waals surface area (Å²) in [7, 11) is 0. The molecule has 2 fully saturated rings. The Kier molecular flexibility index (Phi) is 6.03. The average molecular weight is 302 g/mol. The monoisotopic (exact) mass is 302 g/mol. The molecule has 2 saturated carbocycles. The van der Waals surface area contributed by atoms with E-state index in [4.69, 9.17) is 4.74 Å². The van der Waals surface area contributed by atoms with Crippen molar-refractivity contribution in [3.05, 3.63) is 0 Å². The van der Waals surface area contributed by atoms with E-state index in [1.54, 1.807) is 0 Å². The van der Waals surface area contributed by atoms with Gasteiger partial charge < -0.3 is 25.2 Å². The van der Waals surface area contributed by atoms with Crippen molar-refractivity contribution in [2.45, 2.75) is 62.6 Å². The van der Waals surface area contributed by atoms with Crippen molar-refractivity contribution in [2.75, 3.05) is 26.4 Å². The van der Waals surface area contributed by atoms with E-state index in [0.717, 1.165) is 51.4 Å². The Morgan fingerprint density at radius 3 is 1.24 bits per heavy atom. The van der Waals surface area contributed by atoms with Crippen LogP contribution in [0, 0.1) is 11.8 Å². The van der Waals surface area contributed by atoms with E-state index >= 15 is 0 Å². The molecule has 0 spiro atoms. The Morgan fingerprint density at radius 2 is 1.00 bits per heavy atom. The number of hydrogen-bond acceptors (Lipinski definition) is 5. The summed E-state index contributed by atoms with van der Waals surface area (Å²) in [5, 5.41) is 38.1. The number of hydrogen-bond donors (Lipinski definition) is 4. The molecule has 0 aromatic rings. The zero-order valence-corrected chi connectivity index (χ0v) is 12.8. The van der Waals surface area contributed by atoms with Gasteiger partial charge in [-0.2, -0.15) is 0 Å². The molecule has 124 valence electrons. The summed E-state index contributed by atoms with van der Waals surface area (Å²) in [4.78, 5) is 0. The van der Waals surface area contributed by atoms with E-state index in [-0.39, 0.29) is 26.4 Å². The van der Waals surface area contributed by atoms with Gasteiger partial charge in [-0.1, -0.05) is 0 Å². The molecule has 0 aromatic carbocycles. The van der Waals surface area contributed by atoms with Crippen LogP contribution in [-0.2, 0) is 4.74 Å². The lowest BCUT2D eigenvalue weighted by Crippen LogP contribution is -2.52. The van der Waals surface area contributed by atoms with Crippen LogP contribution in [0.4, 0.5) is 0 Å². The smallest absolute Gasteiger partial charge is 0.0921 e. The Morgan fingerprint density at radius 1 is 0.667 bits per heavy atom. The van der Waals surface area contributed by atoms with Gasteiger partial charge in [0.15, 0.2) is 0 Å². The Bertz CT molecular complexity index is 274. The Balaban J connectivity index is 1.99. The topological polar surface area (TPSA) is 90.2 Å². The van der Waals surface area contributed by atoms with Gasteiger partial charge in [-0.3, -0.25) is 0 Å². The van der Waals surface area contributed by atoms with Gasteiger partial charge in [-0.25, -0.2) is 0 Å². The van der Waals surface area contributed by atoms with Crippen LogP contribution in [0.5, 0.6) is 0 Å². The van der Waals surface area contributed by atoms with Crippen LogP contribution in [0.1, 0.15) is 51.4 Å². The highest BCUT2D eigenvalue weighted by atomic mass is 16.5. The van der Waals surface area contributed by atoms with Crippen LogP contribution in [0.3, 0.4) is 0 Å². The second kappa shape index (κ2) is 7.38. The number of ether oxygens (including phenoxy) is 1. The molecule has 4 N–H and O–H groups in total. The second-order valence-electron chi connectivity index (χ2n) is 7.04. The lowest BCUT2D eigenvalue weighted by Gasteiger charge is -2.48. The largest absolute Gasteiger partial charge is 0.396 e. The maximum absolute atomic E-state index is 9.83. The summed E-state index contributed by atoms with van der Waals surface area (Å²) in [6.45, 7) is 0.336. The van der Waals surface area contributed by atoms with Gasteiger partial charge in [0, 0.05) is 13.2 Å². The number of aliphatic hydroxyl groups is 4. The SMILES string of the molecule is OCC1CCC(CO)(OC2(CO)CCC(CO)CC2)CC1. The van der Waals surface area contributed by atoms with Crippen molar-refractivity contribution in [1.82, 2.24) is 0 Å². The van der Waals surface area contributed by atoms with Crippen molar-refractivity contribution < 1.29 is 25.2 Å². The summed E-state index contributed by atoms with van der Waals surface area (Å²) in [6.07, 6.45) is 6.38. The zero-order valence-electron chi connectivity index (χ0n) is 12.8. The molecule has 0 bridgehead atoms. The van der Waals surface area contributed by atoms with Crippen LogP contribution in [0.2, 0.25) is 0 Å². The van der Waals surface area contributed by atoms with Crippen LogP contribution in [0.15, 0.2) is 0 Å². The Labute approximate surface area is 126 Å². The first-order valence-electron chi connectivity index (χ1n) is 8.24. The third kappa shape index (κ3) is 3.96. The van der Waals surface area contributed by atoms with Crippen LogP contribution >= 0.6 is 0 Å². The third-order valence-electron chi connectivity index (χ3n) is 5.56. The zero-order chi connectivity index (χ0) is 15.3. The summed E-state index contributed by atoms with van der Waals surface area (Å²) in [5.74, 6) is 0.618. The first-order chi connectivity index (χ1) is 10.1. The minimum atomic E-state index is -0.569. The molecular formula is C16H30O5. The molecule has 0 aromatic heterocycles. The van der Waals surface area contributed by atoms with Gasteiger partial charge in [-0.15, -0.1) is 0 Å². The van der Waals surface area contributed by atoms with E-state index in [9.17, 15) is 20.4 Å². The third-order valence-corrected chi connectivity index (χ3v) is 5.56. The van der Waals surface area contributed by atoms with Gasteiger partial charge in [0.2, 0.25) is 0 Å². The maximum atomic E-state index is 9.83. The molecule has 2 aliphatic rings. The number of rotatable bonds is 6. The van der Waals surface area contributed by atoms with Crippen LogP contribution < -0.4 is 0 Å². The van der Waals surface area contributed by atoms with Gasteiger partial charge in [0.05, 0.1) is 24.4 Å². The molecule has 5 nitrogen and oxygen atoms in total. The molecule has 2 aliphatic carbocycles. The van der Waals surface area contributed by atoms with E-state index in [2.05, 4.69) is 0 Å². The molecular weight excluding hydrogens is 272 g/mol. The van der Waals surface area contributed by atoms with Crippen molar-refractivity contribution >= 4 is 0 Å². The Hall–Kier alpha value is -0.200. The maximum Gasteiger partial charge on any atom is 0.0921 e. The molecule has 21 heavy (non-hydrogen) atoms. The van der Waals surface area contributed by atoms with Crippen molar-refractivity contribution in [2.24, 2.45) is 11.8 Å². The first-order valence-corrected chi connectivity index (χ1v) is 8.24. The lowest BCUT2D eigenvalue weighted by atomic mass is 9.76. The number of aliphatic hydroxyl groups excluding tert-OH is 4. The van der Waals surface area contributed by atoms with Crippen molar-refractivity contribution in [3.8, 4) is 0 Å². The lowest BCUT2D eigenvalue weighted by molar-refractivity contribution is -0.219. The van der Waals surface area contributed by atoms with Crippen molar-refractivity contribution in [3.63, 3.8) is 0 Å². The minimum Gasteiger partial charge on any atom is -0.396 e. The molecule has 0 unspecified atom stereocenters. The van der Waals surface area contributed by atoms with Crippen LogP contribution in [0.25, 0.3) is 0 Å². The fourth-order valence-electron chi connectivity index (χ4n) is 3.82. The van der Waals surface area contributed by atoms with Gasteiger partial charge in [-0.05, 0) is 63.2 Å². The minimum absolute atomic E-state index is 0.0314. The van der Waals surface area contributed by atoms with Crippen LogP contribution in [-0.4, -0.2) is 58.1 Å². The summed E-state index contributed by atoms with van der Waals surface area (Å²) in [5.41, 5.74) is -1.14. The van der Waals surface area contributed by atoms with E-state index in [1.165, 1.54) is 0 Å². The highest BCUT2D eigenvalue weighted by Gasteiger charge is 2.45. The molecule has 0 amide bonds. The predicted molar refractivity (Wildman–Crippen MR) is 78.8 cm³/mol. The van der Waals surface area contributed by atoms with Gasteiger partial charge in [0.25, 0.3) is 0 Å². The van der Waals surface area contributed by atoms with E-state index < -0.39 is 11.2 Å². The van der Waals surface area contributed by atoms with E-state index in [0.29, 0.717) is 11.8 Å². The normalized spacial score (nSPS) is 41.1. The molecule has 0 saturated heterocycles. The average Bonchev–Trinajstić information content (AvgIpc) is 2.56. The molecule has 0 atom stereocenters. The fraction of sp³-hybridized carbons (Fsp3) is 1.00. The second-order valence-corrected chi connectivity index (χ2v) is 7.04. The fourth-order valence-corrected chi connectivity index (χ4v) is 3.82. The van der Waals surface area contributed by atoms with Gasteiger partial charge in [0.1, 0.15) is 0 Å². The quantitative estimate of drug-likeness (QED) is 0.583. The molecule has 0 aliphatic heterocycles.